The molecule has 1 unspecified atom stereocenters. The summed E-state index contributed by atoms with van der Waals surface area (Å²) in [4.78, 5) is 15.6. The minimum absolute atomic E-state index is 0.270. The fourth-order valence-electron chi connectivity index (χ4n) is 2.62. The molecule has 0 bridgehead atoms. The van der Waals surface area contributed by atoms with Crippen LogP contribution in [0.15, 0.2) is 12.2 Å². The number of carboxylic acid groups (broad SMARTS) is 1. The minimum atomic E-state index is -1.10. The van der Waals surface area contributed by atoms with E-state index in [0.717, 1.165) is 0 Å². The van der Waals surface area contributed by atoms with E-state index in [1.54, 1.807) is 6.92 Å². The predicted octanol–water partition coefficient (Wildman–Crippen LogP) is 0.0526. The summed E-state index contributed by atoms with van der Waals surface area (Å²) < 4.78 is 10.7. The van der Waals surface area contributed by atoms with Crippen LogP contribution in [0.4, 0.5) is 0 Å². The molecule has 9 heteroatoms. The molecule has 0 aromatic heterocycles. The Bertz CT molecular complexity index is 393. The van der Waals surface area contributed by atoms with Gasteiger partial charge in [0.2, 0.25) is 0 Å². The second-order valence-corrected chi connectivity index (χ2v) is 5.58. The molecule has 9 nitrogen and oxygen atoms in total. The van der Waals surface area contributed by atoms with Crippen LogP contribution < -0.4 is 5.32 Å². The van der Waals surface area contributed by atoms with Crippen molar-refractivity contribution in [3.63, 3.8) is 0 Å². The van der Waals surface area contributed by atoms with Crippen LogP contribution in [0.3, 0.4) is 0 Å². The summed E-state index contributed by atoms with van der Waals surface area (Å²) in [6.45, 7) is 4.90. The molecule has 3 N–H and O–H groups in total. The third-order valence-corrected chi connectivity index (χ3v) is 3.91. The Hall–Kier alpha value is -1.07. The van der Waals surface area contributed by atoms with Crippen LogP contribution in [0.1, 0.15) is 19.8 Å². The first-order valence-electron chi connectivity index (χ1n) is 7.25. The summed E-state index contributed by atoms with van der Waals surface area (Å²) in [5, 5.41) is 33.4. The maximum absolute atomic E-state index is 11.1. The Morgan fingerprint density at radius 3 is 2.52 bits per heavy atom. The van der Waals surface area contributed by atoms with E-state index in [2.05, 4.69) is 16.7 Å². The maximum Gasteiger partial charge on any atom is 0.325 e. The number of carbonyl (C=O) groups is 1. The first kappa shape index (κ1) is 20.0. The smallest absolute Gasteiger partial charge is 0.325 e. The molecule has 1 aliphatic rings. The van der Waals surface area contributed by atoms with Gasteiger partial charge in [0.1, 0.15) is 19.0 Å². The van der Waals surface area contributed by atoms with Crippen LogP contribution in [0.2, 0.25) is 0 Å². The van der Waals surface area contributed by atoms with Crippen LogP contribution in [-0.4, -0.2) is 66.8 Å². The number of ether oxygens (including phenoxy) is 2. The zero-order chi connectivity index (χ0) is 17.6. The highest BCUT2D eigenvalue weighted by atomic mass is 16.9. The lowest BCUT2D eigenvalue weighted by atomic mass is 10.0. The molecule has 1 saturated carbocycles. The van der Waals surface area contributed by atoms with Crippen molar-refractivity contribution in [1.29, 1.82) is 0 Å². The Morgan fingerprint density at radius 2 is 2.04 bits per heavy atom. The molecule has 1 rings (SSSR count). The molecular formula is C14H25N2O7-. The number of methoxy groups -OCH3 is 1. The van der Waals surface area contributed by atoms with Crippen molar-refractivity contribution in [3.05, 3.63) is 17.4 Å². The van der Waals surface area contributed by atoms with Gasteiger partial charge >= 0.3 is 5.97 Å². The fraction of sp³-hybridized carbons (Fsp3) is 0.786. The fourth-order valence-corrected chi connectivity index (χ4v) is 2.62. The average molecular weight is 333 g/mol. The minimum Gasteiger partial charge on any atom is -0.760 e. The van der Waals surface area contributed by atoms with Gasteiger partial charge in [0.05, 0.1) is 19.3 Å². The number of rotatable bonds is 10. The van der Waals surface area contributed by atoms with E-state index in [4.69, 9.17) is 14.6 Å². The number of aliphatic carboxylic acids is 1. The van der Waals surface area contributed by atoms with Crippen LogP contribution >= 0.6 is 0 Å². The van der Waals surface area contributed by atoms with Gasteiger partial charge in [-0.25, -0.2) is 5.23 Å². The Kier molecular flexibility index (Phi) is 8.06. The number of carboxylic acids is 1. The normalized spacial score (nSPS) is 27.1. The molecular weight excluding hydrogens is 308 g/mol. The van der Waals surface area contributed by atoms with Crippen molar-refractivity contribution < 1.29 is 29.3 Å². The average Bonchev–Trinajstić information content (AvgIpc) is 2.92. The monoisotopic (exact) mass is 333 g/mol. The van der Waals surface area contributed by atoms with Crippen molar-refractivity contribution in [3.8, 4) is 0 Å². The van der Waals surface area contributed by atoms with Crippen LogP contribution in [0.5, 0.6) is 0 Å². The summed E-state index contributed by atoms with van der Waals surface area (Å²) in [6, 6.07) is -1.03. The highest BCUT2D eigenvalue weighted by molar-refractivity contribution is 5.77. The molecule has 0 aromatic carbocycles. The van der Waals surface area contributed by atoms with Gasteiger partial charge in [-0.3, -0.25) is 10.1 Å². The quantitative estimate of drug-likeness (QED) is 0.289. The zero-order valence-electron chi connectivity index (χ0n) is 13.6. The Labute approximate surface area is 135 Å². The van der Waals surface area contributed by atoms with Crippen molar-refractivity contribution >= 4 is 5.97 Å². The van der Waals surface area contributed by atoms with Gasteiger partial charge in [0.15, 0.2) is 0 Å². The summed E-state index contributed by atoms with van der Waals surface area (Å²) >= 11 is 0. The molecule has 0 aliphatic heterocycles. The molecule has 0 amide bonds. The molecule has 23 heavy (non-hydrogen) atoms. The number of hydrogen-bond acceptors (Lipinski definition) is 8. The zero-order valence-corrected chi connectivity index (χ0v) is 13.6. The molecule has 1 aliphatic carbocycles. The molecule has 1 fully saturated rings. The highest BCUT2D eigenvalue weighted by Crippen LogP contribution is 2.32. The van der Waals surface area contributed by atoms with Crippen molar-refractivity contribution in [2.24, 2.45) is 5.92 Å². The second kappa shape index (κ2) is 9.28. The van der Waals surface area contributed by atoms with Crippen molar-refractivity contribution in [2.45, 2.75) is 44.2 Å². The Balaban J connectivity index is 2.60. The van der Waals surface area contributed by atoms with Gasteiger partial charge in [0.25, 0.3) is 0 Å². The molecule has 0 spiro atoms. The Morgan fingerprint density at radius 1 is 1.43 bits per heavy atom. The molecule has 0 saturated heterocycles. The first-order chi connectivity index (χ1) is 10.8. The number of aliphatic hydroxyl groups is 1. The third kappa shape index (κ3) is 5.81. The largest absolute Gasteiger partial charge is 0.760 e. The summed E-state index contributed by atoms with van der Waals surface area (Å²) in [5.41, 5.74) is 0.396. The van der Waals surface area contributed by atoms with Gasteiger partial charge in [-0.2, -0.15) is 0 Å². The third-order valence-electron chi connectivity index (χ3n) is 3.91. The lowest BCUT2D eigenvalue weighted by Gasteiger charge is -2.27. The maximum atomic E-state index is 11.1. The lowest BCUT2D eigenvalue weighted by Crippen LogP contribution is -2.47. The van der Waals surface area contributed by atoms with Gasteiger partial charge in [0, 0.05) is 13.0 Å². The van der Waals surface area contributed by atoms with E-state index in [1.807, 2.05) is 0 Å². The number of nitrogens with one attached hydrogen (secondary N) is 1. The molecule has 5 atom stereocenters. The molecule has 134 valence electrons. The predicted molar refractivity (Wildman–Crippen MR) is 80.9 cm³/mol. The van der Waals surface area contributed by atoms with E-state index in [0.29, 0.717) is 18.4 Å². The van der Waals surface area contributed by atoms with Crippen LogP contribution in [0.25, 0.3) is 0 Å². The van der Waals surface area contributed by atoms with Crippen molar-refractivity contribution in [2.75, 3.05) is 21.0 Å². The van der Waals surface area contributed by atoms with Crippen LogP contribution in [0, 0.1) is 11.1 Å². The number of hydroxylamine groups is 2. The second-order valence-electron chi connectivity index (χ2n) is 5.58. The summed E-state index contributed by atoms with van der Waals surface area (Å²) in [6.07, 6.45) is -0.836. The van der Waals surface area contributed by atoms with Gasteiger partial charge in [-0.1, -0.05) is 12.2 Å². The van der Waals surface area contributed by atoms with E-state index in [1.165, 1.54) is 14.2 Å². The number of nitrogens with zero attached hydrogens (tertiary/aromatic N) is 1. The first-order valence-corrected chi connectivity index (χ1v) is 7.25. The molecule has 0 aromatic rings. The van der Waals surface area contributed by atoms with Crippen molar-refractivity contribution in [1.82, 2.24) is 10.5 Å². The highest BCUT2D eigenvalue weighted by Gasteiger charge is 2.39. The molecule has 0 radical (unpaired) electrons. The van der Waals surface area contributed by atoms with E-state index < -0.39 is 18.2 Å². The summed E-state index contributed by atoms with van der Waals surface area (Å²) in [7, 11) is 2.75. The van der Waals surface area contributed by atoms with Gasteiger partial charge < -0.3 is 29.7 Å². The van der Waals surface area contributed by atoms with Gasteiger partial charge in [-0.05, 0) is 19.8 Å². The number of hydrogen-bond donors (Lipinski definition) is 3. The summed E-state index contributed by atoms with van der Waals surface area (Å²) in [5.74, 6) is -1.37. The van der Waals surface area contributed by atoms with Gasteiger partial charge in [-0.15, -0.1) is 0 Å². The molecule has 0 heterocycles. The van der Waals surface area contributed by atoms with E-state index in [-0.39, 0.29) is 30.1 Å². The number of aliphatic hydroxyl groups excluding tert-OH is 1. The SMILES string of the molecule is C=C(C)[C@H](NC(O)[C@@H]1C[C@H](OC)[C@@H](OCN([O-])OC)C1)C(=O)O. The van der Waals surface area contributed by atoms with Crippen LogP contribution in [-0.2, 0) is 19.1 Å². The van der Waals surface area contributed by atoms with E-state index in [9.17, 15) is 15.1 Å². The topological polar surface area (TPSA) is 124 Å². The lowest BCUT2D eigenvalue weighted by molar-refractivity contribution is -0.177. The standard InChI is InChI=1S/C14H25N2O7/c1-8(2)12(14(18)19)15-13(17)9-5-10(21-3)11(6-9)23-7-16(20)22-4/h9-13,15,17H,1,5-7H2,2-4H3,(H,18,19)/q-1/t9-,10+,11+,12+,13?/m1/s1. The van der Waals surface area contributed by atoms with E-state index >= 15 is 0 Å².